The smallest absolute Gasteiger partial charge is 0.313 e. The molecule has 19 heavy (non-hydrogen) atoms. The third-order valence-corrected chi connectivity index (χ3v) is 3.07. The molecular weight excluding hydrogens is 246 g/mol. The second-order valence-electron chi connectivity index (χ2n) is 4.45. The number of hydrogen-bond donors (Lipinski definition) is 0. The van der Waals surface area contributed by atoms with Crippen LogP contribution in [0, 0.1) is 0 Å². The second-order valence-corrected chi connectivity index (χ2v) is 4.45. The number of esters is 1. The zero-order valence-corrected chi connectivity index (χ0v) is 12.6. The SMILES string of the molecule is CCOC(=O)CC(=O)CN(CCOC)C(CC)CC. The van der Waals surface area contributed by atoms with Crippen molar-refractivity contribution in [3.63, 3.8) is 0 Å². The zero-order valence-electron chi connectivity index (χ0n) is 12.6. The van der Waals surface area contributed by atoms with E-state index < -0.39 is 5.97 Å². The highest BCUT2D eigenvalue weighted by Crippen LogP contribution is 2.09. The van der Waals surface area contributed by atoms with E-state index in [1.165, 1.54) is 0 Å². The van der Waals surface area contributed by atoms with Crippen molar-refractivity contribution >= 4 is 11.8 Å². The monoisotopic (exact) mass is 273 g/mol. The molecule has 0 saturated carbocycles. The summed E-state index contributed by atoms with van der Waals surface area (Å²) < 4.78 is 9.85. The van der Waals surface area contributed by atoms with Crippen molar-refractivity contribution in [3.8, 4) is 0 Å². The summed E-state index contributed by atoms with van der Waals surface area (Å²) in [5, 5.41) is 0. The van der Waals surface area contributed by atoms with Crippen molar-refractivity contribution in [3.05, 3.63) is 0 Å². The molecule has 0 amide bonds. The molecule has 0 spiro atoms. The lowest BCUT2D eigenvalue weighted by atomic mass is 10.1. The third kappa shape index (κ3) is 7.95. The van der Waals surface area contributed by atoms with Crippen LogP contribution in [-0.4, -0.2) is 56.1 Å². The van der Waals surface area contributed by atoms with Gasteiger partial charge in [0.25, 0.3) is 0 Å². The molecule has 0 aromatic rings. The molecule has 0 saturated heterocycles. The van der Waals surface area contributed by atoms with Gasteiger partial charge < -0.3 is 9.47 Å². The van der Waals surface area contributed by atoms with Gasteiger partial charge in [0.1, 0.15) is 6.42 Å². The Hall–Kier alpha value is -0.940. The first-order valence-electron chi connectivity index (χ1n) is 6.99. The Labute approximate surface area is 116 Å². The summed E-state index contributed by atoms with van der Waals surface area (Å²) in [5.74, 6) is -0.537. The fourth-order valence-electron chi connectivity index (χ4n) is 2.06. The molecule has 0 aliphatic rings. The van der Waals surface area contributed by atoms with E-state index in [1.54, 1.807) is 14.0 Å². The lowest BCUT2D eigenvalue weighted by molar-refractivity contribution is -0.145. The molecule has 5 heteroatoms. The van der Waals surface area contributed by atoms with Crippen molar-refractivity contribution in [2.75, 3.05) is 33.4 Å². The first kappa shape index (κ1) is 18.1. The summed E-state index contributed by atoms with van der Waals surface area (Å²) in [5.41, 5.74) is 0. The predicted molar refractivity (Wildman–Crippen MR) is 74.1 cm³/mol. The molecule has 0 aromatic heterocycles. The molecule has 0 radical (unpaired) electrons. The van der Waals surface area contributed by atoms with Crippen molar-refractivity contribution in [2.24, 2.45) is 0 Å². The number of carbonyl (C=O) groups excluding carboxylic acids is 2. The average molecular weight is 273 g/mol. The van der Waals surface area contributed by atoms with Crippen LogP contribution in [0.15, 0.2) is 0 Å². The molecule has 112 valence electrons. The Morgan fingerprint density at radius 1 is 1.16 bits per heavy atom. The van der Waals surface area contributed by atoms with Gasteiger partial charge in [-0.25, -0.2) is 0 Å². The van der Waals surface area contributed by atoms with E-state index >= 15 is 0 Å². The maximum atomic E-state index is 11.9. The molecule has 0 heterocycles. The van der Waals surface area contributed by atoms with Crippen molar-refractivity contribution in [1.29, 1.82) is 0 Å². The minimum atomic E-state index is -0.441. The Kier molecular flexibility index (Phi) is 10.4. The van der Waals surface area contributed by atoms with Gasteiger partial charge in [-0.1, -0.05) is 13.8 Å². The molecular formula is C14H27NO4. The van der Waals surface area contributed by atoms with E-state index in [9.17, 15) is 9.59 Å². The van der Waals surface area contributed by atoms with Gasteiger partial charge in [0, 0.05) is 19.7 Å². The quantitative estimate of drug-likeness (QED) is 0.423. The van der Waals surface area contributed by atoms with Crippen LogP contribution in [0.2, 0.25) is 0 Å². The number of Topliss-reactive ketones (excluding diaryl/α,β-unsaturated/α-hetero) is 1. The molecule has 0 rings (SSSR count). The Bertz CT molecular complexity index is 264. The van der Waals surface area contributed by atoms with Crippen molar-refractivity contribution < 1.29 is 19.1 Å². The van der Waals surface area contributed by atoms with Gasteiger partial charge in [-0.15, -0.1) is 0 Å². The summed E-state index contributed by atoms with van der Waals surface area (Å²) in [7, 11) is 1.64. The number of nitrogens with zero attached hydrogens (tertiary/aromatic N) is 1. The van der Waals surface area contributed by atoms with Crippen LogP contribution < -0.4 is 0 Å². The van der Waals surface area contributed by atoms with E-state index in [-0.39, 0.29) is 18.7 Å². The van der Waals surface area contributed by atoms with Crippen LogP contribution in [0.25, 0.3) is 0 Å². The molecule has 0 N–H and O–H groups in total. The Morgan fingerprint density at radius 3 is 2.26 bits per heavy atom. The van der Waals surface area contributed by atoms with Gasteiger partial charge in [-0.2, -0.15) is 0 Å². The lowest BCUT2D eigenvalue weighted by Crippen LogP contribution is -2.41. The summed E-state index contributed by atoms with van der Waals surface area (Å²) >= 11 is 0. The van der Waals surface area contributed by atoms with E-state index in [0.29, 0.717) is 25.8 Å². The first-order valence-corrected chi connectivity index (χ1v) is 6.99. The average Bonchev–Trinajstić information content (AvgIpc) is 2.37. The molecule has 0 unspecified atom stereocenters. The predicted octanol–water partition coefficient (Wildman–Crippen LogP) is 1.65. The van der Waals surface area contributed by atoms with Crippen molar-refractivity contribution in [2.45, 2.75) is 46.1 Å². The van der Waals surface area contributed by atoms with Gasteiger partial charge in [0.2, 0.25) is 0 Å². The van der Waals surface area contributed by atoms with Crippen LogP contribution in [-0.2, 0) is 19.1 Å². The minimum absolute atomic E-state index is 0.0959. The Morgan fingerprint density at radius 2 is 1.79 bits per heavy atom. The number of methoxy groups -OCH3 is 1. The number of ether oxygens (including phenoxy) is 2. The van der Waals surface area contributed by atoms with Gasteiger partial charge in [0.05, 0.1) is 19.8 Å². The molecule has 0 fully saturated rings. The van der Waals surface area contributed by atoms with E-state index in [4.69, 9.17) is 9.47 Å². The molecule has 0 aliphatic heterocycles. The highest BCUT2D eigenvalue weighted by Gasteiger charge is 2.19. The van der Waals surface area contributed by atoms with E-state index in [1.807, 2.05) is 0 Å². The maximum Gasteiger partial charge on any atom is 0.313 e. The number of ketones is 1. The second kappa shape index (κ2) is 10.9. The van der Waals surface area contributed by atoms with Crippen LogP contribution in [0.3, 0.4) is 0 Å². The van der Waals surface area contributed by atoms with Gasteiger partial charge in [-0.3, -0.25) is 14.5 Å². The minimum Gasteiger partial charge on any atom is -0.466 e. The summed E-state index contributed by atoms with van der Waals surface area (Å²) in [6, 6.07) is 0.348. The van der Waals surface area contributed by atoms with Crippen LogP contribution in [0.1, 0.15) is 40.0 Å². The first-order chi connectivity index (χ1) is 9.08. The normalized spacial score (nSPS) is 11.1. The maximum absolute atomic E-state index is 11.9. The number of rotatable bonds is 11. The molecule has 5 nitrogen and oxygen atoms in total. The lowest BCUT2D eigenvalue weighted by Gasteiger charge is -2.29. The highest BCUT2D eigenvalue weighted by molar-refractivity contribution is 5.96. The summed E-state index contributed by atoms with van der Waals surface area (Å²) in [6.45, 7) is 7.83. The number of carbonyl (C=O) groups is 2. The molecule has 0 bridgehead atoms. The van der Waals surface area contributed by atoms with Crippen LogP contribution in [0.4, 0.5) is 0 Å². The zero-order chi connectivity index (χ0) is 14.7. The Balaban J connectivity index is 4.36. The van der Waals surface area contributed by atoms with Crippen LogP contribution in [0.5, 0.6) is 0 Å². The fourth-order valence-corrected chi connectivity index (χ4v) is 2.06. The van der Waals surface area contributed by atoms with Crippen LogP contribution >= 0.6 is 0 Å². The summed E-state index contributed by atoms with van der Waals surface area (Å²) in [4.78, 5) is 25.2. The van der Waals surface area contributed by atoms with E-state index in [2.05, 4.69) is 18.7 Å². The highest BCUT2D eigenvalue weighted by atomic mass is 16.5. The fraction of sp³-hybridized carbons (Fsp3) is 0.857. The van der Waals surface area contributed by atoms with Crippen molar-refractivity contribution in [1.82, 2.24) is 4.90 Å². The van der Waals surface area contributed by atoms with Gasteiger partial charge in [-0.05, 0) is 19.8 Å². The third-order valence-electron chi connectivity index (χ3n) is 3.07. The molecule has 0 aromatic carbocycles. The topological polar surface area (TPSA) is 55.8 Å². The number of hydrogen-bond acceptors (Lipinski definition) is 5. The molecule has 0 aliphatic carbocycles. The largest absolute Gasteiger partial charge is 0.466 e. The van der Waals surface area contributed by atoms with Gasteiger partial charge >= 0.3 is 5.97 Å². The van der Waals surface area contributed by atoms with Gasteiger partial charge in [0.15, 0.2) is 5.78 Å². The molecule has 0 atom stereocenters. The summed E-state index contributed by atoms with van der Waals surface area (Å²) in [6.07, 6.45) is 1.82. The standard InChI is InChI=1S/C14H27NO4/c1-5-12(6-2)15(8-9-18-4)11-13(16)10-14(17)19-7-3/h12H,5-11H2,1-4H3. The van der Waals surface area contributed by atoms with E-state index in [0.717, 1.165) is 12.8 Å².